The summed E-state index contributed by atoms with van der Waals surface area (Å²) in [6, 6.07) is 7.51. The van der Waals surface area contributed by atoms with Crippen molar-refractivity contribution in [3.8, 4) is 0 Å². The summed E-state index contributed by atoms with van der Waals surface area (Å²) in [6.07, 6.45) is 2.06. The third-order valence-corrected chi connectivity index (χ3v) is 3.27. The number of nitrogens with two attached hydrogens (primary N) is 1. The molecule has 0 saturated carbocycles. The molecule has 0 bridgehead atoms. The van der Waals surface area contributed by atoms with E-state index in [2.05, 4.69) is 22.5 Å². The molecule has 4 N–H and O–H groups in total. The van der Waals surface area contributed by atoms with Crippen LogP contribution in [0.5, 0.6) is 0 Å². The lowest BCUT2D eigenvalue weighted by atomic mass is 10.1. The Morgan fingerprint density at radius 3 is 2.58 bits per heavy atom. The number of amides is 1. The Labute approximate surface area is 161 Å². The Hall–Kier alpha value is -1.35. The molecule has 0 aliphatic heterocycles. The van der Waals surface area contributed by atoms with E-state index in [1.54, 1.807) is 7.11 Å². The number of unbranched alkanes of at least 4 members (excludes halogenated alkanes) is 1. The fraction of sp³-hybridized carbons (Fsp3) is 0.529. The van der Waals surface area contributed by atoms with Crippen molar-refractivity contribution in [3.05, 3.63) is 35.4 Å². The van der Waals surface area contributed by atoms with Crippen LogP contribution in [0.1, 0.15) is 42.6 Å². The molecular weight excluding hydrogens is 419 g/mol. The van der Waals surface area contributed by atoms with Gasteiger partial charge in [-0.3, -0.25) is 4.79 Å². The van der Waals surface area contributed by atoms with E-state index in [-0.39, 0.29) is 35.9 Å². The molecule has 1 aromatic rings. The smallest absolute Gasteiger partial charge is 0.251 e. The van der Waals surface area contributed by atoms with Crippen LogP contribution in [0.25, 0.3) is 0 Å². The van der Waals surface area contributed by atoms with Gasteiger partial charge in [0.25, 0.3) is 5.91 Å². The number of carbonyl (C=O) groups excluding carboxylic acids is 1. The number of methoxy groups -OCH3 is 1. The van der Waals surface area contributed by atoms with Crippen LogP contribution in [0, 0.1) is 0 Å². The average Bonchev–Trinajstić information content (AvgIpc) is 2.53. The van der Waals surface area contributed by atoms with E-state index >= 15 is 0 Å². The highest BCUT2D eigenvalue weighted by Crippen LogP contribution is 2.06. The van der Waals surface area contributed by atoms with Crippen LogP contribution < -0.4 is 16.4 Å². The summed E-state index contributed by atoms with van der Waals surface area (Å²) in [7, 11) is 1.64. The van der Waals surface area contributed by atoms with Gasteiger partial charge in [0, 0.05) is 25.3 Å². The van der Waals surface area contributed by atoms with Crippen LogP contribution in [0.15, 0.2) is 29.3 Å². The molecule has 0 fully saturated rings. The normalized spacial score (nSPS) is 12.2. The summed E-state index contributed by atoms with van der Waals surface area (Å²) in [4.78, 5) is 16.2. The van der Waals surface area contributed by atoms with E-state index in [0.29, 0.717) is 31.2 Å². The molecule has 136 valence electrons. The van der Waals surface area contributed by atoms with Gasteiger partial charge in [0.05, 0.1) is 13.2 Å². The number of hydrogen-bond donors (Lipinski definition) is 3. The number of halogens is 1. The summed E-state index contributed by atoms with van der Waals surface area (Å²) in [5, 5.41) is 5.94. The molecule has 0 heterocycles. The molecule has 0 spiro atoms. The second-order valence-corrected chi connectivity index (χ2v) is 5.51. The molecule has 1 amide bonds. The summed E-state index contributed by atoms with van der Waals surface area (Å²) >= 11 is 0. The van der Waals surface area contributed by atoms with Gasteiger partial charge in [0.15, 0.2) is 5.96 Å². The average molecular weight is 448 g/mol. The lowest BCUT2D eigenvalue weighted by Crippen LogP contribution is -2.40. The van der Waals surface area contributed by atoms with Gasteiger partial charge in [-0.2, -0.15) is 0 Å². The summed E-state index contributed by atoms with van der Waals surface area (Å²) < 4.78 is 5.03. The van der Waals surface area contributed by atoms with E-state index in [0.717, 1.165) is 18.4 Å². The number of aliphatic imine (C=N–C) groups is 1. The van der Waals surface area contributed by atoms with Crippen molar-refractivity contribution in [2.75, 3.05) is 20.3 Å². The number of nitrogens with one attached hydrogen (secondary N) is 2. The zero-order valence-electron chi connectivity index (χ0n) is 14.7. The molecule has 1 atom stereocenters. The Kier molecular flexibility index (Phi) is 12.3. The minimum Gasteiger partial charge on any atom is -0.383 e. The second kappa shape index (κ2) is 13.0. The van der Waals surface area contributed by atoms with Crippen LogP contribution in [-0.4, -0.2) is 38.2 Å². The fourth-order valence-electron chi connectivity index (χ4n) is 2.01. The molecule has 24 heavy (non-hydrogen) atoms. The highest BCUT2D eigenvalue weighted by molar-refractivity contribution is 14.0. The lowest BCUT2D eigenvalue weighted by molar-refractivity contribution is 0.0953. The van der Waals surface area contributed by atoms with Crippen LogP contribution in [0.2, 0.25) is 0 Å². The Bertz CT molecular complexity index is 506. The zero-order chi connectivity index (χ0) is 17.1. The first-order valence-corrected chi connectivity index (χ1v) is 7.99. The van der Waals surface area contributed by atoms with E-state index in [9.17, 15) is 4.79 Å². The SMILES string of the molecule is CCCCNC(=O)c1ccc(CN=C(N)NC(C)COC)cc1.I. The van der Waals surface area contributed by atoms with Crippen molar-refractivity contribution in [2.24, 2.45) is 10.7 Å². The van der Waals surface area contributed by atoms with Crippen LogP contribution >= 0.6 is 24.0 Å². The van der Waals surface area contributed by atoms with Gasteiger partial charge in [0.1, 0.15) is 0 Å². The van der Waals surface area contributed by atoms with E-state index in [1.807, 2.05) is 31.2 Å². The maximum Gasteiger partial charge on any atom is 0.251 e. The van der Waals surface area contributed by atoms with E-state index in [1.165, 1.54) is 0 Å². The highest BCUT2D eigenvalue weighted by atomic mass is 127. The van der Waals surface area contributed by atoms with Gasteiger partial charge in [-0.05, 0) is 31.0 Å². The number of ether oxygens (including phenoxy) is 1. The van der Waals surface area contributed by atoms with Crippen molar-refractivity contribution in [3.63, 3.8) is 0 Å². The first kappa shape index (κ1) is 22.6. The third-order valence-electron chi connectivity index (χ3n) is 3.27. The zero-order valence-corrected chi connectivity index (χ0v) is 17.0. The number of benzene rings is 1. The Morgan fingerprint density at radius 1 is 1.33 bits per heavy atom. The molecule has 0 saturated heterocycles. The lowest BCUT2D eigenvalue weighted by Gasteiger charge is -2.13. The van der Waals surface area contributed by atoms with Gasteiger partial charge in [-0.1, -0.05) is 25.5 Å². The molecule has 0 aliphatic rings. The molecule has 1 unspecified atom stereocenters. The first-order valence-electron chi connectivity index (χ1n) is 7.99. The number of rotatable bonds is 9. The Morgan fingerprint density at radius 2 is 2.00 bits per heavy atom. The predicted molar refractivity (Wildman–Crippen MR) is 109 cm³/mol. The molecule has 0 aromatic heterocycles. The van der Waals surface area contributed by atoms with Crippen molar-refractivity contribution in [2.45, 2.75) is 39.3 Å². The molecule has 7 heteroatoms. The second-order valence-electron chi connectivity index (χ2n) is 5.51. The minimum absolute atomic E-state index is 0. The van der Waals surface area contributed by atoms with Crippen molar-refractivity contribution in [1.82, 2.24) is 10.6 Å². The molecule has 1 aromatic carbocycles. The highest BCUT2D eigenvalue weighted by Gasteiger charge is 2.05. The number of nitrogens with zero attached hydrogens (tertiary/aromatic N) is 1. The topological polar surface area (TPSA) is 88.7 Å². The van der Waals surface area contributed by atoms with Crippen molar-refractivity contribution in [1.29, 1.82) is 0 Å². The quantitative estimate of drug-likeness (QED) is 0.234. The predicted octanol–water partition coefficient (Wildman–Crippen LogP) is 2.27. The van der Waals surface area contributed by atoms with Gasteiger partial charge < -0.3 is 21.1 Å². The maximum absolute atomic E-state index is 11.9. The standard InChI is InChI=1S/C17H28N4O2.HI/c1-4-5-10-19-16(22)15-8-6-14(7-9-15)11-20-17(18)21-13(2)12-23-3;/h6-9,13H,4-5,10-12H2,1-3H3,(H,19,22)(H3,18,20,21);1H. The van der Waals surface area contributed by atoms with Crippen LogP contribution in [0.3, 0.4) is 0 Å². The number of carbonyl (C=O) groups is 1. The van der Waals surface area contributed by atoms with Crippen molar-refractivity contribution < 1.29 is 9.53 Å². The number of guanidine groups is 1. The van der Waals surface area contributed by atoms with Crippen LogP contribution in [-0.2, 0) is 11.3 Å². The minimum atomic E-state index is -0.0388. The van der Waals surface area contributed by atoms with Crippen molar-refractivity contribution >= 4 is 35.8 Å². The molecule has 0 aliphatic carbocycles. The number of hydrogen-bond acceptors (Lipinski definition) is 3. The first-order chi connectivity index (χ1) is 11.1. The molecule has 6 nitrogen and oxygen atoms in total. The molecule has 0 radical (unpaired) electrons. The van der Waals surface area contributed by atoms with Gasteiger partial charge in [0.2, 0.25) is 0 Å². The third kappa shape index (κ3) is 9.07. The summed E-state index contributed by atoms with van der Waals surface area (Å²) in [5.74, 6) is 0.346. The largest absolute Gasteiger partial charge is 0.383 e. The van der Waals surface area contributed by atoms with E-state index < -0.39 is 0 Å². The molecule has 1 rings (SSSR count). The van der Waals surface area contributed by atoms with Gasteiger partial charge in [-0.25, -0.2) is 4.99 Å². The van der Waals surface area contributed by atoms with Crippen LogP contribution in [0.4, 0.5) is 0 Å². The monoisotopic (exact) mass is 448 g/mol. The maximum atomic E-state index is 11.9. The molecular formula is C17H29IN4O2. The van der Waals surface area contributed by atoms with E-state index in [4.69, 9.17) is 10.5 Å². The fourth-order valence-corrected chi connectivity index (χ4v) is 2.01. The van der Waals surface area contributed by atoms with Gasteiger partial charge in [-0.15, -0.1) is 24.0 Å². The summed E-state index contributed by atoms with van der Waals surface area (Å²) in [5.41, 5.74) is 7.48. The Balaban J connectivity index is 0.00000529. The van der Waals surface area contributed by atoms with Gasteiger partial charge >= 0.3 is 0 Å². The summed E-state index contributed by atoms with van der Waals surface area (Å²) in [6.45, 7) is 5.81.